The summed E-state index contributed by atoms with van der Waals surface area (Å²) in [6.07, 6.45) is 0. The Morgan fingerprint density at radius 1 is 1.32 bits per heavy atom. The molecular formula is C14H15BrN2OS. The van der Waals surface area contributed by atoms with Gasteiger partial charge in [0.05, 0.1) is 6.04 Å². The molecule has 5 heteroatoms. The van der Waals surface area contributed by atoms with Crippen LogP contribution in [0.15, 0.2) is 40.3 Å². The molecule has 2 heterocycles. The third-order valence-electron chi connectivity index (χ3n) is 2.75. The van der Waals surface area contributed by atoms with Crippen LogP contribution >= 0.6 is 27.3 Å². The van der Waals surface area contributed by atoms with Crippen LogP contribution in [0.25, 0.3) is 0 Å². The first kappa shape index (κ1) is 14.2. The first-order valence-corrected chi connectivity index (χ1v) is 7.72. The van der Waals surface area contributed by atoms with E-state index in [0.717, 1.165) is 0 Å². The van der Waals surface area contributed by atoms with E-state index < -0.39 is 0 Å². The summed E-state index contributed by atoms with van der Waals surface area (Å²) in [5, 5.41) is 5.07. The van der Waals surface area contributed by atoms with Crippen molar-refractivity contribution in [3.05, 3.63) is 50.9 Å². The number of carbonyl (C=O) groups excluding carboxylic acids is 1. The summed E-state index contributed by atoms with van der Waals surface area (Å²) in [5.74, 6) is 0.183. The summed E-state index contributed by atoms with van der Waals surface area (Å²) >= 11 is 4.93. The number of aromatic nitrogens is 1. The van der Waals surface area contributed by atoms with Crippen LogP contribution in [-0.2, 0) is 0 Å². The Morgan fingerprint density at radius 2 is 2.11 bits per heavy atom. The molecule has 0 saturated carbocycles. The number of nitrogens with zero attached hydrogens (tertiary/aromatic N) is 1. The molecule has 2 rings (SSSR count). The highest BCUT2D eigenvalue weighted by atomic mass is 79.9. The molecule has 2 aromatic rings. The third-order valence-corrected chi connectivity index (χ3v) is 4.15. The van der Waals surface area contributed by atoms with Crippen molar-refractivity contribution >= 4 is 33.2 Å². The number of rotatable bonds is 4. The minimum atomic E-state index is -0.145. The number of thiophene rings is 1. The zero-order valence-corrected chi connectivity index (χ0v) is 13.2. The van der Waals surface area contributed by atoms with Crippen molar-refractivity contribution in [1.29, 1.82) is 0 Å². The van der Waals surface area contributed by atoms with Crippen LogP contribution in [0.5, 0.6) is 0 Å². The predicted molar refractivity (Wildman–Crippen MR) is 81.3 cm³/mol. The second-order valence-corrected chi connectivity index (χ2v) is 6.35. The van der Waals surface area contributed by atoms with Crippen LogP contribution < -0.4 is 5.32 Å². The number of pyridine rings is 1. The van der Waals surface area contributed by atoms with Gasteiger partial charge in [0.2, 0.25) is 0 Å². The molecule has 1 unspecified atom stereocenters. The average Bonchev–Trinajstić information content (AvgIpc) is 2.88. The number of hydrogen-bond donors (Lipinski definition) is 1. The van der Waals surface area contributed by atoms with Crippen LogP contribution in [-0.4, -0.2) is 10.9 Å². The maximum Gasteiger partial charge on any atom is 0.270 e. The van der Waals surface area contributed by atoms with Gasteiger partial charge < -0.3 is 5.32 Å². The monoisotopic (exact) mass is 338 g/mol. The first-order chi connectivity index (χ1) is 9.08. The van der Waals surface area contributed by atoms with Crippen molar-refractivity contribution < 1.29 is 4.79 Å². The fourth-order valence-electron chi connectivity index (χ4n) is 1.78. The van der Waals surface area contributed by atoms with Crippen molar-refractivity contribution in [2.24, 2.45) is 5.92 Å². The van der Waals surface area contributed by atoms with Crippen molar-refractivity contribution in [2.45, 2.75) is 19.9 Å². The zero-order valence-electron chi connectivity index (χ0n) is 10.8. The molecule has 0 aromatic carbocycles. The van der Waals surface area contributed by atoms with Gasteiger partial charge in [0.1, 0.15) is 10.3 Å². The quantitative estimate of drug-likeness (QED) is 0.855. The molecule has 1 atom stereocenters. The van der Waals surface area contributed by atoms with Gasteiger partial charge in [-0.2, -0.15) is 0 Å². The Bertz CT molecular complexity index is 554. The summed E-state index contributed by atoms with van der Waals surface area (Å²) < 4.78 is 0.664. The Kier molecular flexibility index (Phi) is 4.71. The van der Waals surface area contributed by atoms with Crippen LogP contribution in [0.3, 0.4) is 0 Å². The SMILES string of the molecule is CC(C)C(NC(=O)c1cccc(Br)n1)c1cccs1. The predicted octanol–water partition coefficient (Wildman–Crippen LogP) is 4.03. The molecule has 2 aromatic heterocycles. The fourth-order valence-corrected chi connectivity index (χ4v) is 3.08. The molecule has 0 aliphatic carbocycles. The Labute approximate surface area is 125 Å². The van der Waals surface area contributed by atoms with Gasteiger partial charge in [-0.25, -0.2) is 4.98 Å². The fraction of sp³-hybridized carbons (Fsp3) is 0.286. The van der Waals surface area contributed by atoms with E-state index in [0.29, 0.717) is 16.2 Å². The molecule has 1 amide bonds. The van der Waals surface area contributed by atoms with Crippen LogP contribution in [0.2, 0.25) is 0 Å². The topological polar surface area (TPSA) is 42.0 Å². The molecule has 0 bridgehead atoms. The minimum absolute atomic E-state index is 0.0216. The van der Waals surface area contributed by atoms with Crippen molar-refractivity contribution in [3.63, 3.8) is 0 Å². The number of hydrogen-bond acceptors (Lipinski definition) is 3. The molecule has 0 radical (unpaired) electrons. The summed E-state index contributed by atoms with van der Waals surface area (Å²) in [4.78, 5) is 17.6. The van der Waals surface area contributed by atoms with Gasteiger partial charge >= 0.3 is 0 Å². The van der Waals surface area contributed by atoms with E-state index in [1.807, 2.05) is 23.6 Å². The van der Waals surface area contributed by atoms with E-state index in [1.54, 1.807) is 23.5 Å². The number of nitrogens with one attached hydrogen (secondary N) is 1. The first-order valence-electron chi connectivity index (χ1n) is 6.04. The van der Waals surface area contributed by atoms with E-state index in [-0.39, 0.29) is 11.9 Å². The molecule has 0 spiro atoms. The molecule has 19 heavy (non-hydrogen) atoms. The van der Waals surface area contributed by atoms with Gasteiger partial charge in [-0.05, 0) is 45.4 Å². The summed E-state index contributed by atoms with van der Waals surface area (Å²) in [7, 11) is 0. The normalized spacial score (nSPS) is 12.4. The molecule has 0 aliphatic rings. The van der Waals surface area contributed by atoms with Gasteiger partial charge in [-0.1, -0.05) is 26.0 Å². The van der Waals surface area contributed by atoms with Gasteiger partial charge in [0.25, 0.3) is 5.91 Å². The zero-order chi connectivity index (χ0) is 13.8. The number of carbonyl (C=O) groups is 1. The second kappa shape index (κ2) is 6.30. The third kappa shape index (κ3) is 3.64. The van der Waals surface area contributed by atoms with Crippen molar-refractivity contribution in [3.8, 4) is 0 Å². The molecule has 0 saturated heterocycles. The lowest BCUT2D eigenvalue weighted by Gasteiger charge is -2.21. The van der Waals surface area contributed by atoms with Crippen molar-refractivity contribution in [1.82, 2.24) is 10.3 Å². The molecule has 100 valence electrons. The molecule has 0 aliphatic heterocycles. The summed E-state index contributed by atoms with van der Waals surface area (Å²) in [6, 6.07) is 9.39. The largest absolute Gasteiger partial charge is 0.343 e. The van der Waals surface area contributed by atoms with E-state index in [2.05, 4.69) is 40.1 Å². The van der Waals surface area contributed by atoms with Gasteiger partial charge in [-0.3, -0.25) is 4.79 Å². The van der Waals surface area contributed by atoms with Gasteiger partial charge in [0, 0.05) is 4.88 Å². The lowest BCUT2D eigenvalue weighted by atomic mass is 10.0. The van der Waals surface area contributed by atoms with E-state index in [9.17, 15) is 4.79 Å². The molecule has 3 nitrogen and oxygen atoms in total. The smallest absolute Gasteiger partial charge is 0.270 e. The lowest BCUT2D eigenvalue weighted by Crippen LogP contribution is -2.31. The van der Waals surface area contributed by atoms with E-state index in [1.165, 1.54) is 4.88 Å². The van der Waals surface area contributed by atoms with Crippen LogP contribution in [0.1, 0.15) is 35.3 Å². The second-order valence-electron chi connectivity index (χ2n) is 4.56. The minimum Gasteiger partial charge on any atom is -0.343 e. The highest BCUT2D eigenvalue weighted by Gasteiger charge is 2.20. The van der Waals surface area contributed by atoms with Crippen LogP contribution in [0, 0.1) is 5.92 Å². The Morgan fingerprint density at radius 3 is 2.68 bits per heavy atom. The highest BCUT2D eigenvalue weighted by Crippen LogP contribution is 2.26. The standard InChI is InChI=1S/C14H15BrN2OS/c1-9(2)13(11-6-4-8-19-11)17-14(18)10-5-3-7-12(15)16-10/h3-9,13H,1-2H3,(H,17,18). The maximum absolute atomic E-state index is 12.2. The average molecular weight is 339 g/mol. The number of amides is 1. The maximum atomic E-state index is 12.2. The molecular weight excluding hydrogens is 324 g/mol. The number of halogens is 1. The van der Waals surface area contributed by atoms with Gasteiger partial charge in [0.15, 0.2) is 0 Å². The van der Waals surface area contributed by atoms with E-state index in [4.69, 9.17) is 0 Å². The lowest BCUT2D eigenvalue weighted by molar-refractivity contribution is 0.0921. The summed E-state index contributed by atoms with van der Waals surface area (Å²) in [5.41, 5.74) is 0.427. The summed E-state index contributed by atoms with van der Waals surface area (Å²) in [6.45, 7) is 4.19. The van der Waals surface area contributed by atoms with Crippen molar-refractivity contribution in [2.75, 3.05) is 0 Å². The Balaban J connectivity index is 2.16. The molecule has 1 N–H and O–H groups in total. The highest BCUT2D eigenvalue weighted by molar-refractivity contribution is 9.10. The molecule has 0 fully saturated rings. The Hall–Kier alpha value is -1.20. The van der Waals surface area contributed by atoms with E-state index >= 15 is 0 Å². The van der Waals surface area contributed by atoms with Gasteiger partial charge in [-0.15, -0.1) is 11.3 Å². The van der Waals surface area contributed by atoms with Crippen LogP contribution in [0.4, 0.5) is 0 Å².